The van der Waals surface area contributed by atoms with E-state index in [-0.39, 0.29) is 22.9 Å². The largest absolute Gasteiger partial charge is 0.444 e. The van der Waals surface area contributed by atoms with E-state index < -0.39 is 17.1 Å². The smallest absolute Gasteiger partial charge is 0.412 e. The average molecular weight is 539 g/mol. The van der Waals surface area contributed by atoms with Gasteiger partial charge in [0.25, 0.3) is 0 Å². The van der Waals surface area contributed by atoms with E-state index in [1.807, 2.05) is 36.4 Å². The molecule has 2 heterocycles. The molecule has 192 valence electrons. The lowest BCUT2D eigenvalue weighted by Gasteiger charge is -2.20. The molecule has 0 saturated carbocycles. The van der Waals surface area contributed by atoms with Crippen LogP contribution in [-0.2, 0) is 4.74 Å². The Labute approximate surface area is 225 Å². The van der Waals surface area contributed by atoms with E-state index in [9.17, 15) is 9.59 Å². The van der Waals surface area contributed by atoms with Crippen molar-refractivity contribution in [3.8, 4) is 22.4 Å². The second kappa shape index (κ2) is 9.84. The highest BCUT2D eigenvalue weighted by Gasteiger charge is 2.33. The van der Waals surface area contributed by atoms with Crippen LogP contribution in [0.5, 0.6) is 0 Å². The Morgan fingerprint density at radius 2 is 1.57 bits per heavy atom. The number of carbonyl (C=O) groups is 2. The number of Topliss-reactive ketones (excluding diaryl/α,β-unsaturated/α-hetero) is 1. The Morgan fingerprint density at radius 1 is 0.919 bits per heavy atom. The normalized spacial score (nSPS) is 12.0. The van der Waals surface area contributed by atoms with E-state index in [2.05, 4.69) is 5.32 Å². The number of halogens is 2. The highest BCUT2D eigenvalue weighted by atomic mass is 35.5. The number of fused-ring (bicyclic) bond motifs is 1. The molecule has 0 aliphatic rings. The van der Waals surface area contributed by atoms with Crippen LogP contribution in [0.25, 0.3) is 33.5 Å². The summed E-state index contributed by atoms with van der Waals surface area (Å²) in [5, 5.41) is 4.29. The summed E-state index contributed by atoms with van der Waals surface area (Å²) < 4.78 is 11.5. The molecule has 4 rings (SSSR count). The molecule has 0 atom stereocenters. The minimum Gasteiger partial charge on any atom is -0.444 e. The maximum absolute atomic E-state index is 13.4. The highest BCUT2D eigenvalue weighted by molar-refractivity contribution is 6.33. The van der Waals surface area contributed by atoms with Gasteiger partial charge in [-0.25, -0.2) is 9.78 Å². The van der Waals surface area contributed by atoms with Gasteiger partial charge in [0.1, 0.15) is 11.3 Å². The molecule has 37 heavy (non-hydrogen) atoms. The number of anilines is 1. The fourth-order valence-corrected chi connectivity index (χ4v) is 4.11. The minimum absolute atomic E-state index is 0.000719. The predicted octanol–water partition coefficient (Wildman–Crippen LogP) is 9.04. The lowest BCUT2D eigenvalue weighted by atomic mass is 9.89. The van der Waals surface area contributed by atoms with Crippen molar-refractivity contribution in [2.45, 2.75) is 47.1 Å². The average Bonchev–Trinajstić information content (AvgIpc) is 3.13. The molecule has 0 unspecified atom stereocenters. The van der Waals surface area contributed by atoms with Crippen LogP contribution in [0.4, 0.5) is 10.5 Å². The van der Waals surface area contributed by atoms with Gasteiger partial charge in [0.2, 0.25) is 11.5 Å². The van der Waals surface area contributed by atoms with Gasteiger partial charge in [-0.2, -0.15) is 0 Å². The van der Waals surface area contributed by atoms with Crippen LogP contribution in [-0.4, -0.2) is 22.5 Å². The second-order valence-electron chi connectivity index (χ2n) is 10.7. The minimum atomic E-state index is -0.775. The molecule has 0 saturated heterocycles. The number of aromatic nitrogens is 1. The van der Waals surface area contributed by atoms with E-state index in [4.69, 9.17) is 37.3 Å². The number of pyridine rings is 1. The Morgan fingerprint density at radius 3 is 2.16 bits per heavy atom. The van der Waals surface area contributed by atoms with Gasteiger partial charge < -0.3 is 9.15 Å². The van der Waals surface area contributed by atoms with Crippen LogP contribution < -0.4 is 5.32 Å². The number of nitrogens with one attached hydrogen (secondary N) is 1. The number of amides is 1. The van der Waals surface area contributed by atoms with Crippen molar-refractivity contribution >= 4 is 51.9 Å². The molecule has 0 radical (unpaired) electrons. The molecule has 0 bridgehead atoms. The number of carbonyl (C=O) groups excluding carboxylic acids is 2. The Balaban J connectivity index is 2.02. The lowest BCUT2D eigenvalue weighted by molar-refractivity contribution is 0.0635. The third kappa shape index (κ3) is 5.81. The molecule has 0 aliphatic carbocycles. The van der Waals surface area contributed by atoms with Crippen molar-refractivity contribution in [3.05, 3.63) is 70.4 Å². The topological polar surface area (TPSA) is 81.4 Å². The number of benzene rings is 2. The summed E-state index contributed by atoms with van der Waals surface area (Å²) in [7, 11) is 0. The quantitative estimate of drug-likeness (QED) is 0.262. The van der Waals surface area contributed by atoms with Crippen molar-refractivity contribution in [1.29, 1.82) is 0 Å². The number of hydrogen-bond donors (Lipinski definition) is 1. The van der Waals surface area contributed by atoms with Crippen LogP contribution in [0.2, 0.25) is 10.0 Å². The molecule has 0 fully saturated rings. The van der Waals surface area contributed by atoms with Gasteiger partial charge in [0.05, 0.1) is 11.1 Å². The molecule has 1 N–H and O–H groups in total. The zero-order valence-corrected chi connectivity index (χ0v) is 23.0. The summed E-state index contributed by atoms with van der Waals surface area (Å²) in [4.78, 5) is 31.0. The first kappa shape index (κ1) is 26.7. The Hall–Kier alpha value is -3.35. The second-order valence-corrected chi connectivity index (χ2v) is 11.6. The molecule has 0 spiro atoms. The predicted molar refractivity (Wildman–Crippen MR) is 149 cm³/mol. The number of nitrogens with zero attached hydrogens (tertiary/aromatic N) is 1. The van der Waals surface area contributed by atoms with E-state index in [0.29, 0.717) is 26.7 Å². The first-order chi connectivity index (χ1) is 17.2. The SMILES string of the molecule is CC(C)(C)OC(=O)Nc1c(C(=O)C(C)(C)C)oc2nc(-c3ccccc3Cl)c(-c3ccc(Cl)cc3)cc12. The standard InChI is InChI=1S/C29H28Cl2N2O4/c1-28(2,3)25(34)24-23(33-27(35)37-29(4,5)6)20-15-19(16-11-13-17(30)14-12-16)22(32-26(20)36-24)18-9-7-8-10-21(18)31/h7-15H,1-6H3,(H,33,35). The van der Waals surface area contributed by atoms with Crippen LogP contribution in [0.1, 0.15) is 52.1 Å². The van der Waals surface area contributed by atoms with Gasteiger partial charge >= 0.3 is 6.09 Å². The van der Waals surface area contributed by atoms with Crippen molar-refractivity contribution in [2.75, 3.05) is 5.32 Å². The van der Waals surface area contributed by atoms with Crippen molar-refractivity contribution in [3.63, 3.8) is 0 Å². The summed E-state index contributed by atoms with van der Waals surface area (Å²) in [5.74, 6) is -0.289. The van der Waals surface area contributed by atoms with Crippen LogP contribution >= 0.6 is 23.2 Å². The fraction of sp³-hybridized carbons (Fsp3) is 0.276. The van der Waals surface area contributed by atoms with E-state index in [0.717, 1.165) is 11.1 Å². The molecule has 8 heteroatoms. The van der Waals surface area contributed by atoms with Crippen molar-refractivity contribution in [2.24, 2.45) is 5.41 Å². The van der Waals surface area contributed by atoms with E-state index in [1.165, 1.54) is 0 Å². The van der Waals surface area contributed by atoms with Gasteiger partial charge in [-0.15, -0.1) is 0 Å². The molecule has 2 aromatic heterocycles. The summed E-state index contributed by atoms with van der Waals surface area (Å²) in [6, 6.07) is 16.5. The van der Waals surface area contributed by atoms with Gasteiger partial charge in [-0.1, -0.05) is 74.3 Å². The third-order valence-corrected chi connectivity index (χ3v) is 6.06. The summed E-state index contributed by atoms with van der Waals surface area (Å²) in [6.07, 6.45) is -0.707. The van der Waals surface area contributed by atoms with Crippen LogP contribution in [0.15, 0.2) is 59.0 Å². The van der Waals surface area contributed by atoms with E-state index in [1.54, 1.807) is 59.7 Å². The number of hydrogen-bond acceptors (Lipinski definition) is 5. The molecule has 1 amide bonds. The zero-order valence-electron chi connectivity index (χ0n) is 21.5. The van der Waals surface area contributed by atoms with Crippen molar-refractivity contribution in [1.82, 2.24) is 4.98 Å². The van der Waals surface area contributed by atoms with E-state index >= 15 is 0 Å². The molecule has 2 aromatic carbocycles. The molecule has 0 aliphatic heterocycles. The Bertz CT molecular complexity index is 1490. The van der Waals surface area contributed by atoms with Gasteiger partial charge in [0, 0.05) is 26.6 Å². The van der Waals surface area contributed by atoms with Crippen molar-refractivity contribution < 1.29 is 18.7 Å². The summed E-state index contributed by atoms with van der Waals surface area (Å²) in [6.45, 7) is 10.6. The maximum atomic E-state index is 13.4. The lowest BCUT2D eigenvalue weighted by Crippen LogP contribution is -2.28. The van der Waals surface area contributed by atoms with Crippen LogP contribution in [0, 0.1) is 5.41 Å². The van der Waals surface area contributed by atoms with Gasteiger partial charge in [-0.05, 0) is 50.6 Å². The molecular weight excluding hydrogens is 511 g/mol. The summed E-state index contributed by atoms with van der Waals surface area (Å²) in [5.41, 5.74) is 1.68. The Kier molecular flexibility index (Phi) is 7.10. The molecule has 4 aromatic rings. The summed E-state index contributed by atoms with van der Waals surface area (Å²) >= 11 is 12.7. The van der Waals surface area contributed by atoms with Gasteiger partial charge in [0.15, 0.2) is 5.76 Å². The third-order valence-electron chi connectivity index (χ3n) is 5.48. The fourth-order valence-electron chi connectivity index (χ4n) is 3.76. The zero-order chi connectivity index (χ0) is 27.1. The maximum Gasteiger partial charge on any atom is 0.412 e. The van der Waals surface area contributed by atoms with Crippen LogP contribution in [0.3, 0.4) is 0 Å². The number of ketones is 1. The molecule has 6 nitrogen and oxygen atoms in total. The number of furan rings is 1. The first-order valence-corrected chi connectivity index (χ1v) is 12.5. The number of rotatable bonds is 4. The number of ether oxygens (including phenoxy) is 1. The first-order valence-electron chi connectivity index (χ1n) is 11.8. The molecular formula is C29H28Cl2N2O4. The monoisotopic (exact) mass is 538 g/mol. The van der Waals surface area contributed by atoms with Gasteiger partial charge in [-0.3, -0.25) is 10.1 Å². The highest BCUT2D eigenvalue weighted by Crippen LogP contribution is 2.41.